The quantitative estimate of drug-likeness (QED) is 0.506. The van der Waals surface area contributed by atoms with Crippen LogP contribution in [0.25, 0.3) is 0 Å². The molecule has 0 saturated heterocycles. The molecule has 1 aliphatic heterocycles. The maximum absolute atomic E-state index is 11.3. The normalized spacial score (nSPS) is 18.0. The predicted octanol–water partition coefficient (Wildman–Crippen LogP) is 2.08. The second-order valence-electron chi connectivity index (χ2n) is 5.03. The molecule has 2 atom stereocenters. The molecule has 1 heterocycles. The molecule has 0 radical (unpaired) electrons. The van der Waals surface area contributed by atoms with Crippen LogP contribution in [0.1, 0.15) is 37.8 Å². The lowest BCUT2D eigenvalue weighted by molar-refractivity contribution is -0.134. The summed E-state index contributed by atoms with van der Waals surface area (Å²) in [4.78, 5) is 16.6. The molecule has 0 aliphatic carbocycles. The van der Waals surface area contributed by atoms with Crippen LogP contribution in [0.2, 0.25) is 0 Å². The highest BCUT2D eigenvalue weighted by Gasteiger charge is 2.26. The number of benzene rings is 1. The first-order chi connectivity index (χ1) is 10.1. The van der Waals surface area contributed by atoms with Gasteiger partial charge in [0.2, 0.25) is 5.91 Å². The number of hydroxylamine groups is 1. The molecule has 0 aromatic heterocycles. The smallest absolute Gasteiger partial charge is 0.246 e. The molecule has 0 saturated carbocycles. The van der Waals surface area contributed by atoms with Gasteiger partial charge in [-0.05, 0) is 31.0 Å². The van der Waals surface area contributed by atoms with E-state index in [2.05, 4.69) is 17.0 Å². The molecule has 1 amide bonds. The van der Waals surface area contributed by atoms with Crippen LogP contribution in [0.5, 0.6) is 0 Å². The Bertz CT molecular complexity index is 596. The lowest BCUT2D eigenvalue weighted by Gasteiger charge is -2.12. The minimum absolute atomic E-state index is 0.137. The van der Waals surface area contributed by atoms with Crippen LogP contribution in [-0.2, 0) is 9.63 Å². The van der Waals surface area contributed by atoms with Gasteiger partial charge in [0.15, 0.2) is 0 Å². The van der Waals surface area contributed by atoms with Gasteiger partial charge in [-0.1, -0.05) is 30.1 Å². The summed E-state index contributed by atoms with van der Waals surface area (Å²) in [6.45, 7) is 3.54. The SMILES string of the molecule is CC#Cc1ccc(C2=NO[C@@H](C[C@H](C)C(=O)NO)C2)cc1. The van der Waals surface area contributed by atoms with E-state index < -0.39 is 5.91 Å². The molecule has 110 valence electrons. The van der Waals surface area contributed by atoms with Crippen molar-refractivity contribution in [3.8, 4) is 11.8 Å². The first kappa shape index (κ1) is 15.1. The third-order valence-corrected chi connectivity index (χ3v) is 3.39. The van der Waals surface area contributed by atoms with Crippen molar-refractivity contribution >= 4 is 11.6 Å². The van der Waals surface area contributed by atoms with Crippen LogP contribution in [0.15, 0.2) is 29.4 Å². The number of hydrogen-bond acceptors (Lipinski definition) is 4. The lowest BCUT2D eigenvalue weighted by Crippen LogP contribution is -2.28. The van der Waals surface area contributed by atoms with Crippen molar-refractivity contribution in [2.45, 2.75) is 32.8 Å². The number of hydrogen-bond donors (Lipinski definition) is 2. The third kappa shape index (κ3) is 3.83. The van der Waals surface area contributed by atoms with Gasteiger partial charge in [-0.3, -0.25) is 10.0 Å². The molecule has 2 N–H and O–H groups in total. The molecular weight excluding hydrogens is 268 g/mol. The van der Waals surface area contributed by atoms with Gasteiger partial charge >= 0.3 is 0 Å². The van der Waals surface area contributed by atoms with Crippen molar-refractivity contribution in [2.75, 3.05) is 0 Å². The van der Waals surface area contributed by atoms with Gasteiger partial charge < -0.3 is 4.84 Å². The standard InChI is InChI=1S/C16H18N2O3/c1-3-4-12-5-7-13(8-6-12)15-10-14(21-18-15)9-11(2)16(19)17-20/h5-8,11,14,20H,9-10H2,1-2H3,(H,17,19)/t11-,14-/m0/s1. The number of nitrogens with zero attached hydrogens (tertiary/aromatic N) is 1. The summed E-state index contributed by atoms with van der Waals surface area (Å²) < 4.78 is 0. The van der Waals surface area contributed by atoms with Crippen molar-refractivity contribution < 1.29 is 14.8 Å². The molecular formula is C16H18N2O3. The number of rotatable bonds is 4. The molecule has 0 bridgehead atoms. The van der Waals surface area contributed by atoms with Crippen LogP contribution in [-0.4, -0.2) is 22.9 Å². The summed E-state index contributed by atoms with van der Waals surface area (Å²) in [5, 5.41) is 12.7. The second-order valence-corrected chi connectivity index (χ2v) is 5.03. The van der Waals surface area contributed by atoms with Gasteiger partial charge in [-0.25, -0.2) is 5.48 Å². The van der Waals surface area contributed by atoms with Gasteiger partial charge in [-0.2, -0.15) is 0 Å². The Balaban J connectivity index is 1.95. The number of amides is 1. The Morgan fingerprint density at radius 1 is 1.52 bits per heavy atom. The summed E-state index contributed by atoms with van der Waals surface area (Å²) in [6.07, 6.45) is 1.03. The zero-order valence-electron chi connectivity index (χ0n) is 12.1. The van der Waals surface area contributed by atoms with Gasteiger partial charge in [0, 0.05) is 17.9 Å². The van der Waals surface area contributed by atoms with E-state index in [4.69, 9.17) is 10.0 Å². The summed E-state index contributed by atoms with van der Waals surface area (Å²) in [6, 6.07) is 7.83. The molecule has 5 heteroatoms. The van der Waals surface area contributed by atoms with Crippen molar-refractivity contribution in [2.24, 2.45) is 11.1 Å². The van der Waals surface area contributed by atoms with Crippen LogP contribution in [0.4, 0.5) is 0 Å². The van der Waals surface area contributed by atoms with Crippen molar-refractivity contribution in [1.82, 2.24) is 5.48 Å². The zero-order valence-corrected chi connectivity index (χ0v) is 12.1. The van der Waals surface area contributed by atoms with Crippen molar-refractivity contribution in [1.29, 1.82) is 0 Å². The topological polar surface area (TPSA) is 70.9 Å². The molecule has 1 aromatic rings. The predicted molar refractivity (Wildman–Crippen MR) is 78.7 cm³/mol. The Kier molecular flexibility index (Phi) is 4.96. The molecule has 5 nitrogen and oxygen atoms in total. The van der Waals surface area contributed by atoms with E-state index in [9.17, 15) is 4.79 Å². The van der Waals surface area contributed by atoms with E-state index in [1.54, 1.807) is 19.3 Å². The van der Waals surface area contributed by atoms with Crippen LogP contribution >= 0.6 is 0 Å². The van der Waals surface area contributed by atoms with E-state index in [1.165, 1.54) is 0 Å². The van der Waals surface area contributed by atoms with Crippen LogP contribution in [0, 0.1) is 17.8 Å². The maximum Gasteiger partial charge on any atom is 0.246 e. The number of carbonyl (C=O) groups excluding carboxylic acids is 1. The largest absolute Gasteiger partial charge is 0.392 e. The number of carbonyl (C=O) groups is 1. The van der Waals surface area contributed by atoms with E-state index in [1.807, 2.05) is 24.3 Å². The van der Waals surface area contributed by atoms with Crippen LogP contribution in [0.3, 0.4) is 0 Å². The molecule has 1 aromatic carbocycles. The minimum atomic E-state index is -0.408. The molecule has 2 rings (SSSR count). The van der Waals surface area contributed by atoms with Gasteiger partial charge in [0.05, 0.1) is 5.71 Å². The van der Waals surface area contributed by atoms with Crippen molar-refractivity contribution in [3.63, 3.8) is 0 Å². The zero-order chi connectivity index (χ0) is 15.2. The average molecular weight is 286 g/mol. The summed E-state index contributed by atoms with van der Waals surface area (Å²) in [5.74, 6) is 5.11. The highest BCUT2D eigenvalue weighted by atomic mass is 16.6. The summed E-state index contributed by atoms with van der Waals surface area (Å²) >= 11 is 0. The Morgan fingerprint density at radius 2 is 2.24 bits per heavy atom. The first-order valence-electron chi connectivity index (χ1n) is 6.84. The Morgan fingerprint density at radius 3 is 2.86 bits per heavy atom. The monoisotopic (exact) mass is 286 g/mol. The molecule has 0 spiro atoms. The third-order valence-electron chi connectivity index (χ3n) is 3.39. The van der Waals surface area contributed by atoms with Gasteiger partial charge in [-0.15, -0.1) is 5.92 Å². The summed E-state index contributed by atoms with van der Waals surface area (Å²) in [7, 11) is 0. The second kappa shape index (κ2) is 6.91. The minimum Gasteiger partial charge on any atom is -0.392 e. The molecule has 21 heavy (non-hydrogen) atoms. The maximum atomic E-state index is 11.3. The first-order valence-corrected chi connectivity index (χ1v) is 6.84. The fourth-order valence-electron chi connectivity index (χ4n) is 2.23. The van der Waals surface area contributed by atoms with Crippen molar-refractivity contribution in [3.05, 3.63) is 35.4 Å². The fraction of sp³-hybridized carbons (Fsp3) is 0.375. The summed E-state index contributed by atoms with van der Waals surface area (Å²) in [5.41, 5.74) is 4.49. The highest BCUT2D eigenvalue weighted by Crippen LogP contribution is 2.22. The average Bonchev–Trinajstić information content (AvgIpc) is 2.96. The number of oxime groups is 1. The molecule has 1 aliphatic rings. The van der Waals surface area contributed by atoms with Gasteiger partial charge in [0.1, 0.15) is 6.10 Å². The molecule has 0 fully saturated rings. The Hall–Kier alpha value is -2.32. The molecule has 0 unspecified atom stereocenters. The van der Waals surface area contributed by atoms with Crippen LogP contribution < -0.4 is 5.48 Å². The van der Waals surface area contributed by atoms with E-state index >= 15 is 0 Å². The highest BCUT2D eigenvalue weighted by molar-refractivity contribution is 6.01. The van der Waals surface area contributed by atoms with Gasteiger partial charge in [0.25, 0.3) is 0 Å². The van der Waals surface area contributed by atoms with E-state index in [-0.39, 0.29) is 12.0 Å². The van der Waals surface area contributed by atoms with E-state index in [0.717, 1.165) is 16.8 Å². The number of nitrogens with one attached hydrogen (secondary N) is 1. The fourth-order valence-corrected chi connectivity index (χ4v) is 2.23. The van der Waals surface area contributed by atoms with E-state index in [0.29, 0.717) is 12.8 Å². The Labute approximate surface area is 123 Å². The lowest BCUT2D eigenvalue weighted by atomic mass is 9.97.